The SMILES string of the molecule is C=CCc1cc(C(=O)NC2CCCC2CN)cc(OC)c1OC. The molecule has 2 rings (SSSR count). The second-order valence-electron chi connectivity index (χ2n) is 5.87. The summed E-state index contributed by atoms with van der Waals surface area (Å²) < 4.78 is 10.8. The van der Waals surface area contributed by atoms with Gasteiger partial charge < -0.3 is 20.5 Å². The van der Waals surface area contributed by atoms with Gasteiger partial charge in [-0.25, -0.2) is 0 Å². The molecule has 1 aromatic carbocycles. The molecule has 5 nitrogen and oxygen atoms in total. The van der Waals surface area contributed by atoms with Gasteiger partial charge in [0, 0.05) is 17.2 Å². The van der Waals surface area contributed by atoms with Crippen molar-refractivity contribution >= 4 is 5.91 Å². The molecule has 126 valence electrons. The van der Waals surface area contributed by atoms with E-state index in [1.54, 1.807) is 26.4 Å². The number of hydrogen-bond donors (Lipinski definition) is 2. The summed E-state index contributed by atoms with van der Waals surface area (Å²) in [4.78, 5) is 12.6. The van der Waals surface area contributed by atoms with Crippen LogP contribution in [0, 0.1) is 5.92 Å². The van der Waals surface area contributed by atoms with E-state index in [2.05, 4.69) is 11.9 Å². The minimum atomic E-state index is -0.0957. The van der Waals surface area contributed by atoms with E-state index in [0.29, 0.717) is 35.9 Å². The van der Waals surface area contributed by atoms with E-state index in [1.807, 2.05) is 6.07 Å². The molecule has 1 amide bonds. The molecule has 1 aliphatic carbocycles. The van der Waals surface area contributed by atoms with Gasteiger partial charge in [0.1, 0.15) is 0 Å². The normalized spacial score (nSPS) is 20.1. The maximum absolute atomic E-state index is 12.6. The first-order valence-corrected chi connectivity index (χ1v) is 8.01. The maximum atomic E-state index is 12.6. The fourth-order valence-corrected chi connectivity index (χ4v) is 3.24. The zero-order chi connectivity index (χ0) is 16.8. The molecule has 3 N–H and O–H groups in total. The Morgan fingerprint density at radius 2 is 2.17 bits per heavy atom. The fourth-order valence-electron chi connectivity index (χ4n) is 3.24. The Morgan fingerprint density at radius 3 is 2.78 bits per heavy atom. The number of rotatable bonds is 7. The molecule has 1 aliphatic rings. The highest BCUT2D eigenvalue weighted by Gasteiger charge is 2.28. The van der Waals surface area contributed by atoms with Crippen molar-refractivity contribution in [3.05, 3.63) is 35.9 Å². The van der Waals surface area contributed by atoms with Gasteiger partial charge >= 0.3 is 0 Å². The van der Waals surface area contributed by atoms with E-state index in [4.69, 9.17) is 15.2 Å². The first-order valence-electron chi connectivity index (χ1n) is 8.01. The van der Waals surface area contributed by atoms with Crippen molar-refractivity contribution in [2.75, 3.05) is 20.8 Å². The zero-order valence-electron chi connectivity index (χ0n) is 13.9. The maximum Gasteiger partial charge on any atom is 0.251 e. The Bertz CT molecular complexity index is 572. The van der Waals surface area contributed by atoms with Gasteiger partial charge in [0.05, 0.1) is 14.2 Å². The van der Waals surface area contributed by atoms with E-state index in [-0.39, 0.29) is 11.9 Å². The molecule has 1 fully saturated rings. The van der Waals surface area contributed by atoms with Gasteiger partial charge in [-0.1, -0.05) is 12.5 Å². The van der Waals surface area contributed by atoms with Crippen LogP contribution in [0.2, 0.25) is 0 Å². The van der Waals surface area contributed by atoms with Crippen LogP contribution < -0.4 is 20.5 Å². The highest BCUT2D eigenvalue weighted by Crippen LogP contribution is 2.33. The number of carbonyl (C=O) groups is 1. The highest BCUT2D eigenvalue weighted by atomic mass is 16.5. The highest BCUT2D eigenvalue weighted by molar-refractivity contribution is 5.95. The predicted molar refractivity (Wildman–Crippen MR) is 91.1 cm³/mol. The largest absolute Gasteiger partial charge is 0.493 e. The van der Waals surface area contributed by atoms with Crippen LogP contribution >= 0.6 is 0 Å². The van der Waals surface area contributed by atoms with Crippen molar-refractivity contribution in [3.63, 3.8) is 0 Å². The van der Waals surface area contributed by atoms with Crippen LogP contribution in [-0.2, 0) is 6.42 Å². The summed E-state index contributed by atoms with van der Waals surface area (Å²) in [6.07, 6.45) is 5.56. The standard InChI is InChI=1S/C18H26N2O3/c1-4-6-12-9-14(10-16(22-2)17(12)23-3)18(21)20-15-8-5-7-13(15)11-19/h4,9-10,13,15H,1,5-8,11,19H2,2-3H3,(H,20,21). The summed E-state index contributed by atoms with van der Waals surface area (Å²) in [6.45, 7) is 4.36. The molecule has 2 unspecified atom stereocenters. The van der Waals surface area contributed by atoms with Crippen LogP contribution in [0.5, 0.6) is 11.5 Å². The molecular formula is C18H26N2O3. The summed E-state index contributed by atoms with van der Waals surface area (Å²) >= 11 is 0. The number of allylic oxidation sites excluding steroid dienone is 1. The second kappa shape index (κ2) is 8.02. The Morgan fingerprint density at radius 1 is 1.39 bits per heavy atom. The molecular weight excluding hydrogens is 292 g/mol. The number of benzene rings is 1. The van der Waals surface area contributed by atoms with Crippen LogP contribution in [-0.4, -0.2) is 32.7 Å². The molecule has 0 aliphatic heterocycles. The molecule has 23 heavy (non-hydrogen) atoms. The fraction of sp³-hybridized carbons (Fsp3) is 0.500. The third-order valence-corrected chi connectivity index (χ3v) is 4.46. The lowest BCUT2D eigenvalue weighted by molar-refractivity contribution is 0.0928. The number of amides is 1. The van der Waals surface area contributed by atoms with Crippen LogP contribution in [0.25, 0.3) is 0 Å². The smallest absolute Gasteiger partial charge is 0.251 e. The minimum absolute atomic E-state index is 0.0957. The van der Waals surface area contributed by atoms with Crippen LogP contribution in [0.3, 0.4) is 0 Å². The first-order chi connectivity index (χ1) is 11.1. The molecule has 0 spiro atoms. The van der Waals surface area contributed by atoms with E-state index in [1.165, 1.54) is 0 Å². The van der Waals surface area contributed by atoms with Crippen molar-refractivity contribution in [2.24, 2.45) is 11.7 Å². The molecule has 0 aromatic heterocycles. The topological polar surface area (TPSA) is 73.6 Å². The summed E-state index contributed by atoms with van der Waals surface area (Å²) in [6, 6.07) is 3.71. The minimum Gasteiger partial charge on any atom is -0.493 e. The van der Waals surface area contributed by atoms with Crippen molar-refractivity contribution in [3.8, 4) is 11.5 Å². The number of methoxy groups -OCH3 is 2. The summed E-state index contributed by atoms with van der Waals surface area (Å²) in [5.74, 6) is 1.47. The van der Waals surface area contributed by atoms with Gasteiger partial charge in [0.15, 0.2) is 11.5 Å². The van der Waals surface area contributed by atoms with Crippen molar-refractivity contribution < 1.29 is 14.3 Å². The quantitative estimate of drug-likeness (QED) is 0.757. The first kappa shape index (κ1) is 17.3. The molecule has 5 heteroatoms. The van der Waals surface area contributed by atoms with Crippen molar-refractivity contribution in [1.29, 1.82) is 0 Å². The molecule has 0 saturated heterocycles. The van der Waals surface area contributed by atoms with Crippen LogP contribution in [0.4, 0.5) is 0 Å². The predicted octanol–water partition coefficient (Wildman–Crippen LogP) is 2.29. The average molecular weight is 318 g/mol. The second-order valence-corrected chi connectivity index (χ2v) is 5.87. The monoisotopic (exact) mass is 318 g/mol. The Hall–Kier alpha value is -2.01. The molecule has 1 aromatic rings. The summed E-state index contributed by atoms with van der Waals surface area (Å²) in [5, 5.41) is 3.11. The van der Waals surface area contributed by atoms with E-state index >= 15 is 0 Å². The molecule has 2 atom stereocenters. The van der Waals surface area contributed by atoms with E-state index in [9.17, 15) is 4.79 Å². The summed E-state index contributed by atoms with van der Waals surface area (Å²) in [5.41, 5.74) is 7.24. The third-order valence-electron chi connectivity index (χ3n) is 4.46. The number of nitrogens with two attached hydrogens (primary N) is 1. The summed E-state index contributed by atoms with van der Waals surface area (Å²) in [7, 11) is 3.16. The van der Waals surface area contributed by atoms with Crippen molar-refractivity contribution in [2.45, 2.75) is 31.7 Å². The lowest BCUT2D eigenvalue weighted by Gasteiger charge is -2.20. The Kier molecular flexibility index (Phi) is 6.04. The van der Waals surface area contributed by atoms with Gasteiger partial charge in [-0.05, 0) is 43.9 Å². The van der Waals surface area contributed by atoms with Crippen LogP contribution in [0.15, 0.2) is 24.8 Å². The van der Waals surface area contributed by atoms with Crippen LogP contribution in [0.1, 0.15) is 35.2 Å². The lowest BCUT2D eigenvalue weighted by Crippen LogP contribution is -2.39. The van der Waals surface area contributed by atoms with Gasteiger partial charge in [0.25, 0.3) is 5.91 Å². The van der Waals surface area contributed by atoms with Gasteiger partial charge in [-0.3, -0.25) is 4.79 Å². The number of hydrogen-bond acceptors (Lipinski definition) is 4. The lowest BCUT2D eigenvalue weighted by atomic mass is 10.0. The van der Waals surface area contributed by atoms with Gasteiger partial charge in [-0.2, -0.15) is 0 Å². The number of ether oxygens (including phenoxy) is 2. The third kappa shape index (κ3) is 3.85. The molecule has 1 saturated carbocycles. The van der Waals surface area contributed by atoms with E-state index < -0.39 is 0 Å². The number of nitrogens with one attached hydrogen (secondary N) is 1. The number of carbonyl (C=O) groups excluding carboxylic acids is 1. The Labute approximate surface area is 137 Å². The van der Waals surface area contributed by atoms with Crippen molar-refractivity contribution in [1.82, 2.24) is 5.32 Å². The zero-order valence-corrected chi connectivity index (χ0v) is 13.9. The van der Waals surface area contributed by atoms with Gasteiger partial charge in [-0.15, -0.1) is 6.58 Å². The average Bonchev–Trinajstić information content (AvgIpc) is 3.01. The molecule has 0 radical (unpaired) electrons. The Balaban J connectivity index is 2.25. The molecule has 0 heterocycles. The van der Waals surface area contributed by atoms with Gasteiger partial charge in [0.2, 0.25) is 0 Å². The molecule has 0 bridgehead atoms. The van der Waals surface area contributed by atoms with E-state index in [0.717, 1.165) is 24.8 Å².